The summed E-state index contributed by atoms with van der Waals surface area (Å²) >= 11 is 3.45. The van der Waals surface area contributed by atoms with E-state index in [4.69, 9.17) is 4.74 Å². The number of ether oxygens (including phenoxy) is 1. The number of benzene rings is 1. The van der Waals surface area contributed by atoms with Crippen molar-refractivity contribution in [3.05, 3.63) is 28.2 Å². The molecule has 104 valence electrons. The van der Waals surface area contributed by atoms with Crippen molar-refractivity contribution in [2.45, 2.75) is 26.2 Å². The average molecular weight is 326 g/mol. The minimum atomic E-state index is 0.163. The van der Waals surface area contributed by atoms with E-state index < -0.39 is 0 Å². The van der Waals surface area contributed by atoms with Gasteiger partial charge in [-0.1, -0.05) is 22.9 Å². The number of nitrogens with zero attached hydrogens (tertiary/aromatic N) is 1. The molecule has 2 rings (SSSR count). The second kappa shape index (κ2) is 7.06. The number of carbonyl (C=O) groups is 1. The van der Waals surface area contributed by atoms with Crippen LogP contribution >= 0.6 is 15.9 Å². The van der Waals surface area contributed by atoms with Gasteiger partial charge in [-0.25, -0.2) is 0 Å². The first-order chi connectivity index (χ1) is 9.20. The smallest absolute Gasteiger partial charge is 0.178 e. The van der Waals surface area contributed by atoms with E-state index in [0.717, 1.165) is 35.3 Å². The van der Waals surface area contributed by atoms with Gasteiger partial charge >= 0.3 is 0 Å². The number of carbonyl (C=O) groups excluding carboxylic acids is 1. The average Bonchev–Trinajstić information content (AvgIpc) is 2.90. The molecule has 1 aliphatic heterocycles. The van der Waals surface area contributed by atoms with Crippen molar-refractivity contribution in [1.82, 2.24) is 4.90 Å². The summed E-state index contributed by atoms with van der Waals surface area (Å²) in [6.07, 6.45) is 3.37. The van der Waals surface area contributed by atoms with Crippen LogP contribution in [-0.2, 0) is 0 Å². The molecule has 1 heterocycles. The fourth-order valence-corrected chi connectivity index (χ4v) is 2.72. The SMILES string of the molecule is CCCOc1ccc(Br)c(C(=O)CN2CCCC2)c1. The highest BCUT2D eigenvalue weighted by atomic mass is 79.9. The molecule has 0 N–H and O–H groups in total. The van der Waals surface area contributed by atoms with E-state index in [1.54, 1.807) is 0 Å². The molecule has 1 aromatic carbocycles. The Labute approximate surface area is 123 Å². The predicted molar refractivity (Wildman–Crippen MR) is 79.9 cm³/mol. The lowest BCUT2D eigenvalue weighted by atomic mass is 10.1. The maximum absolute atomic E-state index is 12.3. The van der Waals surface area contributed by atoms with Crippen molar-refractivity contribution < 1.29 is 9.53 Å². The van der Waals surface area contributed by atoms with E-state index in [9.17, 15) is 4.79 Å². The number of Topliss-reactive ketones (excluding diaryl/α,β-unsaturated/α-hetero) is 1. The van der Waals surface area contributed by atoms with Crippen LogP contribution in [0.5, 0.6) is 5.75 Å². The predicted octanol–water partition coefficient (Wildman–Crippen LogP) is 3.52. The number of hydrogen-bond donors (Lipinski definition) is 0. The molecule has 1 fully saturated rings. The quantitative estimate of drug-likeness (QED) is 0.749. The Morgan fingerprint density at radius 3 is 2.79 bits per heavy atom. The number of hydrogen-bond acceptors (Lipinski definition) is 3. The van der Waals surface area contributed by atoms with E-state index in [2.05, 4.69) is 27.8 Å². The normalized spacial score (nSPS) is 15.7. The Hall–Kier alpha value is -0.870. The first kappa shape index (κ1) is 14.5. The second-order valence-electron chi connectivity index (χ2n) is 4.90. The summed E-state index contributed by atoms with van der Waals surface area (Å²) in [5.74, 6) is 0.936. The highest BCUT2D eigenvalue weighted by Gasteiger charge is 2.18. The molecular formula is C15H20BrNO2. The van der Waals surface area contributed by atoms with Crippen molar-refractivity contribution in [2.24, 2.45) is 0 Å². The standard InChI is InChI=1S/C15H20BrNO2/c1-2-9-19-12-5-6-14(16)13(10-12)15(18)11-17-7-3-4-8-17/h5-6,10H,2-4,7-9,11H2,1H3. The summed E-state index contributed by atoms with van der Waals surface area (Å²) in [6.45, 7) is 5.33. The Bertz CT molecular complexity index is 442. The van der Waals surface area contributed by atoms with Gasteiger partial charge in [0.05, 0.1) is 13.2 Å². The van der Waals surface area contributed by atoms with Gasteiger partial charge in [0.2, 0.25) is 0 Å². The summed E-state index contributed by atoms with van der Waals surface area (Å²) in [5, 5.41) is 0. The largest absolute Gasteiger partial charge is 0.494 e. The second-order valence-corrected chi connectivity index (χ2v) is 5.75. The zero-order valence-electron chi connectivity index (χ0n) is 11.3. The molecular weight excluding hydrogens is 306 g/mol. The van der Waals surface area contributed by atoms with Crippen LogP contribution in [0, 0.1) is 0 Å². The molecule has 4 heteroatoms. The van der Waals surface area contributed by atoms with Gasteiger partial charge < -0.3 is 4.74 Å². The van der Waals surface area contributed by atoms with Gasteiger partial charge in [0.25, 0.3) is 0 Å². The van der Waals surface area contributed by atoms with Gasteiger partial charge in [0.15, 0.2) is 5.78 Å². The van der Waals surface area contributed by atoms with Gasteiger partial charge in [0, 0.05) is 10.0 Å². The molecule has 0 atom stereocenters. The maximum Gasteiger partial charge on any atom is 0.178 e. The number of rotatable bonds is 6. The molecule has 19 heavy (non-hydrogen) atoms. The lowest BCUT2D eigenvalue weighted by molar-refractivity contribution is 0.0944. The molecule has 1 saturated heterocycles. The highest BCUT2D eigenvalue weighted by Crippen LogP contribution is 2.24. The van der Waals surface area contributed by atoms with Gasteiger partial charge in [-0.05, 0) is 50.6 Å². The van der Waals surface area contributed by atoms with Crippen LogP contribution in [0.15, 0.2) is 22.7 Å². The first-order valence-electron chi connectivity index (χ1n) is 6.88. The number of halogens is 1. The van der Waals surface area contributed by atoms with Gasteiger partial charge in [-0.3, -0.25) is 9.69 Å². The Morgan fingerprint density at radius 2 is 2.11 bits per heavy atom. The molecule has 1 aliphatic rings. The van der Waals surface area contributed by atoms with Gasteiger partial charge in [-0.2, -0.15) is 0 Å². The van der Waals surface area contributed by atoms with E-state index in [1.165, 1.54) is 12.8 Å². The van der Waals surface area contributed by atoms with E-state index in [0.29, 0.717) is 13.2 Å². The summed E-state index contributed by atoms with van der Waals surface area (Å²) in [6, 6.07) is 5.63. The molecule has 0 amide bonds. The highest BCUT2D eigenvalue weighted by molar-refractivity contribution is 9.10. The summed E-state index contributed by atoms with van der Waals surface area (Å²) in [5.41, 5.74) is 0.723. The van der Waals surface area contributed by atoms with Crippen LogP contribution in [0.1, 0.15) is 36.5 Å². The minimum Gasteiger partial charge on any atom is -0.494 e. The third-order valence-corrected chi connectivity index (χ3v) is 3.97. The lowest BCUT2D eigenvalue weighted by Crippen LogP contribution is -2.27. The lowest BCUT2D eigenvalue weighted by Gasteiger charge is -2.14. The van der Waals surface area contributed by atoms with E-state index in [-0.39, 0.29) is 5.78 Å². The molecule has 3 nitrogen and oxygen atoms in total. The van der Waals surface area contributed by atoms with Crippen LogP contribution in [0.25, 0.3) is 0 Å². The van der Waals surface area contributed by atoms with Crippen LogP contribution in [0.3, 0.4) is 0 Å². The van der Waals surface area contributed by atoms with Crippen molar-refractivity contribution in [3.8, 4) is 5.75 Å². The molecule has 0 radical (unpaired) electrons. The Balaban J connectivity index is 2.06. The third-order valence-electron chi connectivity index (χ3n) is 3.28. The van der Waals surface area contributed by atoms with Gasteiger partial charge in [0.1, 0.15) is 5.75 Å². The summed E-state index contributed by atoms with van der Waals surface area (Å²) in [7, 11) is 0. The van der Waals surface area contributed by atoms with E-state index in [1.807, 2.05) is 18.2 Å². The molecule has 0 aliphatic carbocycles. The molecule has 0 saturated carbocycles. The maximum atomic E-state index is 12.3. The molecule has 1 aromatic rings. The zero-order chi connectivity index (χ0) is 13.7. The first-order valence-corrected chi connectivity index (χ1v) is 7.68. The Kier molecular flexibility index (Phi) is 5.40. The number of likely N-dealkylation sites (tertiary alicyclic amines) is 1. The summed E-state index contributed by atoms with van der Waals surface area (Å²) in [4.78, 5) is 14.5. The number of ketones is 1. The molecule has 0 bridgehead atoms. The third kappa shape index (κ3) is 4.05. The Morgan fingerprint density at radius 1 is 1.37 bits per heavy atom. The molecule has 0 aromatic heterocycles. The van der Waals surface area contributed by atoms with E-state index >= 15 is 0 Å². The zero-order valence-corrected chi connectivity index (χ0v) is 12.9. The summed E-state index contributed by atoms with van der Waals surface area (Å²) < 4.78 is 6.43. The van der Waals surface area contributed by atoms with Crippen molar-refractivity contribution in [3.63, 3.8) is 0 Å². The minimum absolute atomic E-state index is 0.163. The fraction of sp³-hybridized carbons (Fsp3) is 0.533. The monoisotopic (exact) mass is 325 g/mol. The molecule has 0 unspecified atom stereocenters. The fourth-order valence-electron chi connectivity index (χ4n) is 2.26. The van der Waals surface area contributed by atoms with Crippen molar-refractivity contribution >= 4 is 21.7 Å². The topological polar surface area (TPSA) is 29.5 Å². The van der Waals surface area contributed by atoms with Crippen LogP contribution in [-0.4, -0.2) is 36.9 Å². The van der Waals surface area contributed by atoms with Crippen LogP contribution in [0.4, 0.5) is 0 Å². The van der Waals surface area contributed by atoms with Crippen molar-refractivity contribution in [1.29, 1.82) is 0 Å². The van der Waals surface area contributed by atoms with Gasteiger partial charge in [-0.15, -0.1) is 0 Å². The van der Waals surface area contributed by atoms with Crippen molar-refractivity contribution in [2.75, 3.05) is 26.2 Å². The van der Waals surface area contributed by atoms with Crippen LogP contribution in [0.2, 0.25) is 0 Å². The van der Waals surface area contributed by atoms with Crippen LogP contribution < -0.4 is 4.74 Å². The molecule has 0 spiro atoms.